The Morgan fingerprint density at radius 1 is 1.73 bits per heavy atom. The van der Waals surface area contributed by atoms with Crippen molar-refractivity contribution < 1.29 is 9.21 Å². The summed E-state index contributed by atoms with van der Waals surface area (Å²) in [5.74, 6) is 0.892. The highest BCUT2D eigenvalue weighted by Gasteiger charge is 2.30. The van der Waals surface area contributed by atoms with Crippen LogP contribution in [0.25, 0.3) is 0 Å². The van der Waals surface area contributed by atoms with Gasteiger partial charge in [0.1, 0.15) is 5.76 Å². The van der Waals surface area contributed by atoms with Gasteiger partial charge in [0.05, 0.1) is 23.2 Å². The summed E-state index contributed by atoms with van der Waals surface area (Å²) in [7, 11) is 0. The molecule has 0 aliphatic carbocycles. The van der Waals surface area contributed by atoms with Gasteiger partial charge in [-0.05, 0) is 22.0 Å². The predicted molar refractivity (Wildman–Crippen MR) is 41.9 cm³/mol. The quantitative estimate of drug-likeness (QED) is 0.724. The van der Waals surface area contributed by atoms with Crippen LogP contribution in [0.15, 0.2) is 21.2 Å². The van der Waals surface area contributed by atoms with Crippen LogP contribution in [0, 0.1) is 0 Å². The van der Waals surface area contributed by atoms with E-state index in [4.69, 9.17) is 4.42 Å². The van der Waals surface area contributed by atoms with Crippen LogP contribution < -0.4 is 5.32 Å². The van der Waals surface area contributed by atoms with Crippen molar-refractivity contribution in [1.29, 1.82) is 0 Å². The van der Waals surface area contributed by atoms with Gasteiger partial charge in [0.2, 0.25) is 5.91 Å². The van der Waals surface area contributed by atoms with Crippen molar-refractivity contribution in [2.75, 3.05) is 0 Å². The Morgan fingerprint density at radius 2 is 2.45 bits per heavy atom. The van der Waals surface area contributed by atoms with Gasteiger partial charge in [0.15, 0.2) is 0 Å². The van der Waals surface area contributed by atoms with E-state index in [1.54, 1.807) is 6.26 Å². The molecular formula is C7H6BrNO2. The fourth-order valence-electron chi connectivity index (χ4n) is 1.07. The molecule has 1 aromatic heterocycles. The fraction of sp³-hybridized carbons (Fsp3) is 0.286. The van der Waals surface area contributed by atoms with Crippen LogP contribution in [-0.2, 0) is 4.79 Å². The van der Waals surface area contributed by atoms with Crippen LogP contribution in [-0.4, -0.2) is 5.91 Å². The molecule has 58 valence electrons. The average molecular weight is 216 g/mol. The minimum Gasteiger partial charge on any atom is -0.466 e. The molecule has 1 atom stereocenters. The molecule has 1 aliphatic heterocycles. The van der Waals surface area contributed by atoms with Crippen molar-refractivity contribution in [3.05, 3.63) is 22.6 Å². The number of rotatable bonds is 1. The molecule has 1 amide bonds. The molecule has 11 heavy (non-hydrogen) atoms. The lowest BCUT2D eigenvalue weighted by atomic mass is 10.0. The Balaban J connectivity index is 2.18. The van der Waals surface area contributed by atoms with E-state index in [2.05, 4.69) is 21.2 Å². The maximum atomic E-state index is 10.5. The molecule has 1 saturated heterocycles. The van der Waals surface area contributed by atoms with Crippen LogP contribution in [0.2, 0.25) is 0 Å². The zero-order valence-electron chi connectivity index (χ0n) is 5.63. The topological polar surface area (TPSA) is 42.2 Å². The summed E-state index contributed by atoms with van der Waals surface area (Å²) in [6.45, 7) is 0. The summed E-state index contributed by atoms with van der Waals surface area (Å²) in [5, 5.41) is 2.72. The van der Waals surface area contributed by atoms with E-state index in [1.165, 1.54) is 0 Å². The zero-order valence-corrected chi connectivity index (χ0v) is 7.22. The Morgan fingerprint density at radius 3 is 2.91 bits per heavy atom. The average Bonchev–Trinajstić information content (AvgIpc) is 2.29. The van der Waals surface area contributed by atoms with Crippen LogP contribution in [0.4, 0.5) is 0 Å². The summed E-state index contributed by atoms with van der Waals surface area (Å²) in [6, 6.07) is 1.90. The third-order valence-electron chi connectivity index (χ3n) is 1.69. The molecule has 1 aliphatic rings. The first-order valence-electron chi connectivity index (χ1n) is 3.29. The van der Waals surface area contributed by atoms with E-state index in [1.807, 2.05) is 6.07 Å². The summed E-state index contributed by atoms with van der Waals surface area (Å²) < 4.78 is 6.07. The second-order valence-corrected chi connectivity index (χ2v) is 3.31. The highest BCUT2D eigenvalue weighted by Crippen LogP contribution is 2.30. The van der Waals surface area contributed by atoms with E-state index >= 15 is 0 Å². The number of furan rings is 1. The minimum atomic E-state index is 0.0758. The molecule has 0 spiro atoms. The number of hydrogen-bond donors (Lipinski definition) is 1. The molecule has 0 bridgehead atoms. The van der Waals surface area contributed by atoms with Gasteiger partial charge in [0.25, 0.3) is 0 Å². The third-order valence-corrected chi connectivity index (χ3v) is 2.34. The SMILES string of the molecule is O=C1CC(c2occc2Br)N1. The first kappa shape index (κ1) is 6.91. The molecule has 1 aromatic rings. The number of hydrogen-bond acceptors (Lipinski definition) is 2. The third kappa shape index (κ3) is 1.07. The van der Waals surface area contributed by atoms with Gasteiger partial charge in [-0.25, -0.2) is 0 Å². The second kappa shape index (κ2) is 2.37. The van der Waals surface area contributed by atoms with Crippen molar-refractivity contribution in [2.24, 2.45) is 0 Å². The zero-order chi connectivity index (χ0) is 7.84. The molecule has 3 nitrogen and oxygen atoms in total. The van der Waals surface area contributed by atoms with Gasteiger partial charge >= 0.3 is 0 Å². The van der Waals surface area contributed by atoms with Gasteiger partial charge < -0.3 is 9.73 Å². The lowest BCUT2D eigenvalue weighted by Crippen LogP contribution is -2.41. The van der Waals surface area contributed by atoms with E-state index < -0.39 is 0 Å². The number of carbonyl (C=O) groups excluding carboxylic acids is 1. The number of β-lactam (4-membered cyclic amide) rings is 1. The van der Waals surface area contributed by atoms with Gasteiger partial charge in [0, 0.05) is 0 Å². The second-order valence-electron chi connectivity index (χ2n) is 2.46. The van der Waals surface area contributed by atoms with Crippen LogP contribution in [0.5, 0.6) is 0 Å². The maximum Gasteiger partial charge on any atom is 0.223 e. The summed E-state index contributed by atoms with van der Waals surface area (Å²) >= 11 is 3.32. The summed E-state index contributed by atoms with van der Waals surface area (Å²) in [5.41, 5.74) is 0. The Labute approximate surface area is 71.9 Å². The van der Waals surface area contributed by atoms with Gasteiger partial charge in [-0.15, -0.1) is 0 Å². The standard InChI is InChI=1S/C7H6BrNO2/c8-4-1-2-11-7(4)5-3-6(10)9-5/h1-2,5H,3H2,(H,9,10). The smallest absolute Gasteiger partial charge is 0.223 e. The Kier molecular flexibility index (Phi) is 1.49. The lowest BCUT2D eigenvalue weighted by Gasteiger charge is -2.24. The van der Waals surface area contributed by atoms with E-state index in [0.717, 1.165) is 10.2 Å². The molecule has 1 N–H and O–H groups in total. The number of carbonyl (C=O) groups is 1. The number of nitrogens with one attached hydrogen (secondary N) is 1. The Bertz CT molecular complexity index is 286. The minimum absolute atomic E-state index is 0.0758. The molecule has 1 unspecified atom stereocenters. The monoisotopic (exact) mass is 215 g/mol. The van der Waals surface area contributed by atoms with Crippen LogP contribution in [0.1, 0.15) is 18.2 Å². The molecule has 0 saturated carbocycles. The van der Waals surface area contributed by atoms with Crippen molar-refractivity contribution in [3.8, 4) is 0 Å². The summed E-state index contributed by atoms with van der Waals surface area (Å²) in [6.07, 6.45) is 2.13. The van der Waals surface area contributed by atoms with E-state index in [9.17, 15) is 4.79 Å². The lowest BCUT2D eigenvalue weighted by molar-refractivity contribution is -0.128. The van der Waals surface area contributed by atoms with Crippen LogP contribution >= 0.6 is 15.9 Å². The number of halogens is 1. The van der Waals surface area contributed by atoms with Crippen molar-refractivity contribution >= 4 is 21.8 Å². The Hall–Kier alpha value is -0.770. The van der Waals surface area contributed by atoms with Gasteiger partial charge in [-0.3, -0.25) is 4.79 Å². The molecular weight excluding hydrogens is 210 g/mol. The van der Waals surface area contributed by atoms with Gasteiger partial charge in [-0.2, -0.15) is 0 Å². The number of amides is 1. The van der Waals surface area contributed by atoms with Crippen LogP contribution in [0.3, 0.4) is 0 Å². The molecule has 4 heteroatoms. The van der Waals surface area contributed by atoms with Crippen molar-refractivity contribution in [2.45, 2.75) is 12.5 Å². The normalized spacial score (nSPS) is 22.6. The molecule has 0 aromatic carbocycles. The van der Waals surface area contributed by atoms with Crippen molar-refractivity contribution in [1.82, 2.24) is 5.32 Å². The van der Waals surface area contributed by atoms with Crippen molar-refractivity contribution in [3.63, 3.8) is 0 Å². The molecule has 2 rings (SSSR count). The highest BCUT2D eigenvalue weighted by molar-refractivity contribution is 9.10. The highest BCUT2D eigenvalue weighted by atomic mass is 79.9. The largest absolute Gasteiger partial charge is 0.466 e. The first-order chi connectivity index (χ1) is 5.27. The predicted octanol–water partition coefficient (Wildman–Crippen LogP) is 1.60. The summed E-state index contributed by atoms with van der Waals surface area (Å²) in [4.78, 5) is 10.5. The first-order valence-corrected chi connectivity index (χ1v) is 4.09. The van der Waals surface area contributed by atoms with Gasteiger partial charge in [-0.1, -0.05) is 0 Å². The van der Waals surface area contributed by atoms with E-state index in [0.29, 0.717) is 6.42 Å². The molecule has 1 fully saturated rings. The maximum absolute atomic E-state index is 10.5. The van der Waals surface area contributed by atoms with E-state index in [-0.39, 0.29) is 11.9 Å². The molecule has 2 heterocycles. The fourth-order valence-corrected chi connectivity index (χ4v) is 1.55. The molecule has 0 radical (unpaired) electrons.